The van der Waals surface area contributed by atoms with Gasteiger partial charge in [-0.25, -0.2) is 4.98 Å². The molecule has 0 unspecified atom stereocenters. The molecule has 2 aliphatic heterocycles. The number of guanidine groups is 1. The number of likely N-dealkylation sites (tertiary alicyclic amines) is 1. The summed E-state index contributed by atoms with van der Waals surface area (Å²) in [6.45, 7) is 6.48. The molecule has 2 saturated heterocycles. The number of hydrogen-bond acceptors (Lipinski definition) is 5. The molecule has 144 valence electrons. The van der Waals surface area contributed by atoms with E-state index in [4.69, 9.17) is 0 Å². The Bertz CT molecular complexity index is 614. The maximum atomic E-state index is 12.4. The monoisotopic (exact) mass is 362 g/mol. The second-order valence-corrected chi connectivity index (χ2v) is 6.91. The number of piperazine rings is 1. The lowest BCUT2D eigenvalue weighted by molar-refractivity contribution is -0.133. The molecule has 0 bridgehead atoms. The highest BCUT2D eigenvalue weighted by Crippen LogP contribution is 2.10. The number of amides is 1. The number of rotatable bonds is 4. The van der Waals surface area contributed by atoms with Crippen molar-refractivity contribution < 1.29 is 4.79 Å². The number of aliphatic imine (C=N–C) groups is 1. The fraction of sp³-hybridized carbons (Fsp3) is 0.765. The van der Waals surface area contributed by atoms with Crippen LogP contribution in [0.2, 0.25) is 0 Å². The van der Waals surface area contributed by atoms with Gasteiger partial charge in [0.25, 0.3) is 0 Å². The van der Waals surface area contributed by atoms with Crippen LogP contribution in [0.5, 0.6) is 0 Å². The van der Waals surface area contributed by atoms with Gasteiger partial charge in [0.2, 0.25) is 5.91 Å². The predicted molar refractivity (Wildman–Crippen MR) is 99.6 cm³/mol. The zero-order valence-corrected chi connectivity index (χ0v) is 15.9. The van der Waals surface area contributed by atoms with Crippen LogP contribution in [-0.4, -0.2) is 94.2 Å². The van der Waals surface area contributed by atoms with Crippen molar-refractivity contribution in [3.63, 3.8) is 0 Å². The first-order chi connectivity index (χ1) is 12.7. The first-order valence-corrected chi connectivity index (χ1v) is 9.46. The summed E-state index contributed by atoms with van der Waals surface area (Å²) in [6.07, 6.45) is 5.10. The second kappa shape index (κ2) is 8.98. The number of nitrogens with zero attached hydrogens (tertiary/aromatic N) is 7. The van der Waals surface area contributed by atoms with Crippen molar-refractivity contribution >= 4 is 11.9 Å². The van der Waals surface area contributed by atoms with Gasteiger partial charge in [-0.05, 0) is 19.3 Å². The van der Waals surface area contributed by atoms with Gasteiger partial charge in [0, 0.05) is 53.4 Å². The van der Waals surface area contributed by atoms with Gasteiger partial charge < -0.3 is 15.1 Å². The largest absolute Gasteiger partial charge is 0.349 e. The predicted octanol–water partition coefficient (Wildman–Crippen LogP) is -0.479. The molecule has 26 heavy (non-hydrogen) atoms. The number of aromatic nitrogens is 3. The van der Waals surface area contributed by atoms with Crippen LogP contribution in [0.3, 0.4) is 0 Å². The van der Waals surface area contributed by atoms with E-state index in [9.17, 15) is 4.79 Å². The van der Waals surface area contributed by atoms with E-state index in [1.54, 1.807) is 18.1 Å². The van der Waals surface area contributed by atoms with Crippen molar-refractivity contribution in [2.45, 2.75) is 25.8 Å². The Morgan fingerprint density at radius 3 is 2.46 bits per heavy atom. The molecule has 2 fully saturated rings. The van der Waals surface area contributed by atoms with Crippen LogP contribution >= 0.6 is 0 Å². The zero-order chi connectivity index (χ0) is 18.4. The first-order valence-electron chi connectivity index (χ1n) is 9.46. The Morgan fingerprint density at radius 1 is 1.12 bits per heavy atom. The third kappa shape index (κ3) is 4.72. The molecule has 0 spiro atoms. The fourth-order valence-corrected chi connectivity index (χ4v) is 3.52. The molecule has 0 aromatic carbocycles. The molecular weight excluding hydrogens is 332 g/mol. The minimum absolute atomic E-state index is 0.280. The number of aryl methyl sites for hydroxylation is 1. The molecule has 1 aromatic heterocycles. The molecule has 1 amide bonds. The number of hydrogen-bond donors (Lipinski definition) is 1. The summed E-state index contributed by atoms with van der Waals surface area (Å²) in [5, 5.41) is 7.43. The van der Waals surface area contributed by atoms with Crippen molar-refractivity contribution in [3.8, 4) is 0 Å². The van der Waals surface area contributed by atoms with Crippen molar-refractivity contribution in [2.24, 2.45) is 12.0 Å². The SMILES string of the molecule is CN=C(NCc1ncnn1C)N1CCN(CC(=O)N2CCCCC2)CC1. The van der Waals surface area contributed by atoms with Crippen molar-refractivity contribution in [1.82, 2.24) is 34.8 Å². The fourth-order valence-electron chi connectivity index (χ4n) is 3.52. The van der Waals surface area contributed by atoms with E-state index in [0.29, 0.717) is 13.1 Å². The average Bonchev–Trinajstić information content (AvgIpc) is 3.09. The standard InChI is InChI=1S/C17H30N8O/c1-18-17(19-12-15-20-14-21-22(15)2)25-10-8-23(9-11-25)13-16(26)24-6-4-3-5-7-24/h14H,3-13H2,1-2H3,(H,18,19). The molecule has 1 N–H and O–H groups in total. The third-order valence-corrected chi connectivity index (χ3v) is 5.16. The molecule has 3 rings (SSSR count). The van der Waals surface area contributed by atoms with Gasteiger partial charge in [0.1, 0.15) is 12.2 Å². The van der Waals surface area contributed by atoms with Crippen LogP contribution in [0, 0.1) is 0 Å². The minimum atomic E-state index is 0.280. The molecule has 3 heterocycles. The summed E-state index contributed by atoms with van der Waals surface area (Å²) in [5.74, 6) is 2.02. The smallest absolute Gasteiger partial charge is 0.236 e. The zero-order valence-electron chi connectivity index (χ0n) is 15.9. The number of piperidine rings is 1. The normalized spacial score (nSPS) is 19.7. The highest BCUT2D eigenvalue weighted by atomic mass is 16.2. The van der Waals surface area contributed by atoms with E-state index in [1.807, 2.05) is 11.9 Å². The number of carbonyl (C=O) groups is 1. The molecule has 2 aliphatic rings. The Morgan fingerprint density at radius 2 is 1.85 bits per heavy atom. The Hall–Kier alpha value is -2.16. The highest BCUT2D eigenvalue weighted by Gasteiger charge is 2.24. The van der Waals surface area contributed by atoms with Gasteiger partial charge in [0.15, 0.2) is 5.96 Å². The average molecular weight is 362 g/mol. The maximum absolute atomic E-state index is 12.4. The molecule has 0 radical (unpaired) electrons. The third-order valence-electron chi connectivity index (χ3n) is 5.16. The summed E-state index contributed by atoms with van der Waals surface area (Å²) in [7, 11) is 3.68. The summed E-state index contributed by atoms with van der Waals surface area (Å²) in [6, 6.07) is 0. The molecule has 0 saturated carbocycles. The molecule has 0 atom stereocenters. The second-order valence-electron chi connectivity index (χ2n) is 6.91. The van der Waals surface area contributed by atoms with E-state index < -0.39 is 0 Å². The van der Waals surface area contributed by atoms with Crippen LogP contribution in [0.15, 0.2) is 11.3 Å². The lowest BCUT2D eigenvalue weighted by Gasteiger charge is -2.37. The summed E-state index contributed by atoms with van der Waals surface area (Å²) < 4.78 is 1.75. The lowest BCUT2D eigenvalue weighted by Crippen LogP contribution is -2.54. The minimum Gasteiger partial charge on any atom is -0.349 e. The Labute approximate surface area is 155 Å². The van der Waals surface area contributed by atoms with Gasteiger partial charge in [-0.2, -0.15) is 5.10 Å². The number of nitrogens with one attached hydrogen (secondary N) is 1. The van der Waals surface area contributed by atoms with Gasteiger partial charge in [-0.1, -0.05) is 0 Å². The van der Waals surface area contributed by atoms with E-state index in [1.165, 1.54) is 6.42 Å². The first kappa shape index (κ1) is 18.6. The van der Waals surface area contributed by atoms with Crippen LogP contribution < -0.4 is 5.32 Å². The van der Waals surface area contributed by atoms with Crippen molar-refractivity contribution in [3.05, 3.63) is 12.2 Å². The molecule has 9 heteroatoms. The molecule has 1 aromatic rings. The quantitative estimate of drug-likeness (QED) is 0.576. The van der Waals surface area contributed by atoms with Crippen molar-refractivity contribution in [1.29, 1.82) is 0 Å². The Kier molecular flexibility index (Phi) is 6.43. The van der Waals surface area contributed by atoms with E-state index in [-0.39, 0.29) is 5.91 Å². The Balaban J connectivity index is 1.43. The van der Waals surface area contributed by atoms with E-state index in [0.717, 1.165) is 63.9 Å². The van der Waals surface area contributed by atoms with Gasteiger partial charge in [-0.3, -0.25) is 19.4 Å². The van der Waals surface area contributed by atoms with Crippen LogP contribution in [0.4, 0.5) is 0 Å². The van der Waals surface area contributed by atoms with Crippen LogP contribution in [0.25, 0.3) is 0 Å². The lowest BCUT2D eigenvalue weighted by atomic mass is 10.1. The molecule has 9 nitrogen and oxygen atoms in total. The van der Waals surface area contributed by atoms with Crippen molar-refractivity contribution in [2.75, 3.05) is 52.9 Å². The molecular formula is C17H30N8O. The van der Waals surface area contributed by atoms with Gasteiger partial charge in [-0.15, -0.1) is 0 Å². The number of carbonyl (C=O) groups excluding carboxylic acids is 1. The van der Waals surface area contributed by atoms with E-state index >= 15 is 0 Å². The maximum Gasteiger partial charge on any atom is 0.236 e. The topological polar surface area (TPSA) is 81.9 Å². The van der Waals surface area contributed by atoms with Crippen LogP contribution in [0.1, 0.15) is 25.1 Å². The van der Waals surface area contributed by atoms with E-state index in [2.05, 4.69) is 30.2 Å². The highest BCUT2D eigenvalue weighted by molar-refractivity contribution is 5.80. The summed E-state index contributed by atoms with van der Waals surface area (Å²) >= 11 is 0. The summed E-state index contributed by atoms with van der Waals surface area (Å²) in [5.41, 5.74) is 0. The molecule has 0 aliphatic carbocycles. The summed E-state index contributed by atoms with van der Waals surface area (Å²) in [4.78, 5) is 27.5. The van der Waals surface area contributed by atoms with Gasteiger partial charge >= 0.3 is 0 Å². The van der Waals surface area contributed by atoms with Crippen LogP contribution in [-0.2, 0) is 18.4 Å². The van der Waals surface area contributed by atoms with Gasteiger partial charge in [0.05, 0.1) is 13.1 Å².